The van der Waals surface area contributed by atoms with Crippen LogP contribution in [0.5, 0.6) is 0 Å². The van der Waals surface area contributed by atoms with E-state index in [-0.39, 0.29) is 5.41 Å². The maximum absolute atomic E-state index is 9.48. The van der Waals surface area contributed by atoms with Gasteiger partial charge in [0.15, 0.2) is 0 Å². The van der Waals surface area contributed by atoms with Gasteiger partial charge in [-0.1, -0.05) is 13.3 Å². The Morgan fingerprint density at radius 3 is 2.36 bits per heavy atom. The highest BCUT2D eigenvalue weighted by molar-refractivity contribution is 5.14. The predicted octanol–water partition coefficient (Wildman–Crippen LogP) is 3.36. The number of rotatable bonds is 1. The van der Waals surface area contributed by atoms with Crippen LogP contribution in [0.3, 0.4) is 0 Å². The van der Waals surface area contributed by atoms with Crippen molar-refractivity contribution in [3.05, 3.63) is 0 Å². The summed E-state index contributed by atoms with van der Waals surface area (Å²) in [5.41, 5.74) is 0.115. The molecular formula is C13H19N. The lowest BCUT2D eigenvalue weighted by Crippen LogP contribution is -2.51. The molecule has 0 aromatic carbocycles. The molecule has 4 bridgehead atoms. The highest BCUT2D eigenvalue weighted by Crippen LogP contribution is 2.63. The molecule has 14 heavy (non-hydrogen) atoms. The van der Waals surface area contributed by atoms with Crippen LogP contribution in [-0.2, 0) is 0 Å². The molecule has 4 fully saturated rings. The molecule has 0 aliphatic heterocycles. The average molecular weight is 189 g/mol. The number of nitrogens with zero attached hydrogens (tertiary/aromatic N) is 1. The maximum Gasteiger partial charge on any atom is 0.0692 e. The van der Waals surface area contributed by atoms with Crippen LogP contribution in [-0.4, -0.2) is 0 Å². The molecule has 0 heterocycles. The SMILES string of the molecule is CCC1C2CC3CC(C2)CC1(C#N)C3. The first kappa shape index (κ1) is 8.77. The zero-order chi connectivity index (χ0) is 9.76. The lowest BCUT2D eigenvalue weighted by atomic mass is 9.45. The Morgan fingerprint density at radius 1 is 1.21 bits per heavy atom. The molecule has 0 saturated heterocycles. The van der Waals surface area contributed by atoms with Gasteiger partial charge < -0.3 is 0 Å². The van der Waals surface area contributed by atoms with E-state index in [1.54, 1.807) is 0 Å². The van der Waals surface area contributed by atoms with Crippen molar-refractivity contribution in [3.63, 3.8) is 0 Å². The molecule has 0 aromatic rings. The summed E-state index contributed by atoms with van der Waals surface area (Å²) in [7, 11) is 0. The van der Waals surface area contributed by atoms with Crippen LogP contribution < -0.4 is 0 Å². The minimum Gasteiger partial charge on any atom is -0.198 e. The van der Waals surface area contributed by atoms with Crippen LogP contribution in [0.15, 0.2) is 0 Å². The van der Waals surface area contributed by atoms with E-state index in [0.29, 0.717) is 0 Å². The molecule has 0 spiro atoms. The van der Waals surface area contributed by atoms with Crippen LogP contribution in [0.4, 0.5) is 0 Å². The van der Waals surface area contributed by atoms with Gasteiger partial charge in [-0.05, 0) is 55.8 Å². The van der Waals surface area contributed by atoms with Crippen LogP contribution in [0.1, 0.15) is 45.4 Å². The summed E-state index contributed by atoms with van der Waals surface area (Å²) in [6.45, 7) is 2.28. The van der Waals surface area contributed by atoms with Crippen molar-refractivity contribution >= 4 is 0 Å². The summed E-state index contributed by atoms with van der Waals surface area (Å²) < 4.78 is 0. The van der Waals surface area contributed by atoms with Gasteiger partial charge in [-0.2, -0.15) is 5.26 Å². The van der Waals surface area contributed by atoms with E-state index in [2.05, 4.69) is 13.0 Å². The zero-order valence-corrected chi connectivity index (χ0v) is 9.00. The third-order valence-electron chi connectivity index (χ3n) is 5.19. The molecule has 4 rings (SSSR count). The molecule has 76 valence electrons. The molecule has 3 atom stereocenters. The summed E-state index contributed by atoms with van der Waals surface area (Å²) in [5.74, 6) is 3.47. The second-order valence-electron chi connectivity index (χ2n) is 5.89. The third kappa shape index (κ3) is 0.950. The Bertz CT molecular complexity index is 274. The second kappa shape index (κ2) is 2.75. The highest BCUT2D eigenvalue weighted by Gasteiger charge is 2.56. The lowest BCUT2D eigenvalue weighted by Gasteiger charge is -2.58. The largest absolute Gasteiger partial charge is 0.198 e. The summed E-state index contributed by atoms with van der Waals surface area (Å²) in [5, 5.41) is 9.48. The molecule has 1 nitrogen and oxygen atoms in total. The van der Waals surface area contributed by atoms with Gasteiger partial charge in [-0.25, -0.2) is 0 Å². The Labute approximate surface area is 86.5 Å². The smallest absolute Gasteiger partial charge is 0.0692 e. The average Bonchev–Trinajstić information content (AvgIpc) is 2.16. The standard InChI is InChI=1S/C13H19N/c1-2-12-11-4-9-3-10(5-11)7-13(12,6-9)8-14/h9-12H,2-7H2,1H3. The van der Waals surface area contributed by atoms with Gasteiger partial charge in [0.1, 0.15) is 0 Å². The fourth-order valence-electron chi connectivity index (χ4n) is 5.04. The van der Waals surface area contributed by atoms with E-state index in [1.165, 1.54) is 38.5 Å². The van der Waals surface area contributed by atoms with Gasteiger partial charge in [-0.15, -0.1) is 0 Å². The number of hydrogen-bond acceptors (Lipinski definition) is 1. The molecule has 0 amide bonds. The minimum absolute atomic E-state index is 0.115. The van der Waals surface area contributed by atoms with E-state index < -0.39 is 0 Å². The third-order valence-corrected chi connectivity index (χ3v) is 5.19. The van der Waals surface area contributed by atoms with Gasteiger partial charge in [0.2, 0.25) is 0 Å². The van der Waals surface area contributed by atoms with Crippen molar-refractivity contribution < 1.29 is 0 Å². The summed E-state index contributed by atoms with van der Waals surface area (Å²) in [4.78, 5) is 0. The lowest BCUT2D eigenvalue weighted by molar-refractivity contribution is -0.0778. The molecule has 0 aromatic heterocycles. The van der Waals surface area contributed by atoms with Gasteiger partial charge in [-0.3, -0.25) is 0 Å². The molecule has 1 heteroatoms. The minimum atomic E-state index is 0.115. The van der Waals surface area contributed by atoms with Crippen molar-refractivity contribution in [1.82, 2.24) is 0 Å². The topological polar surface area (TPSA) is 23.8 Å². The normalized spacial score (nSPS) is 54.6. The molecular weight excluding hydrogens is 170 g/mol. The van der Waals surface area contributed by atoms with Crippen LogP contribution in [0.2, 0.25) is 0 Å². The van der Waals surface area contributed by atoms with Gasteiger partial charge in [0.05, 0.1) is 11.5 Å². The van der Waals surface area contributed by atoms with Gasteiger partial charge >= 0.3 is 0 Å². The quantitative estimate of drug-likeness (QED) is 0.620. The van der Waals surface area contributed by atoms with E-state index in [0.717, 1.165) is 23.7 Å². The molecule has 4 saturated carbocycles. The fourth-order valence-corrected chi connectivity index (χ4v) is 5.04. The number of hydrogen-bond donors (Lipinski definition) is 0. The summed E-state index contributed by atoms with van der Waals surface area (Å²) in [6.07, 6.45) is 8.02. The van der Waals surface area contributed by atoms with Gasteiger partial charge in [0.25, 0.3) is 0 Å². The van der Waals surface area contributed by atoms with Crippen LogP contribution in [0.25, 0.3) is 0 Å². The van der Waals surface area contributed by atoms with E-state index >= 15 is 0 Å². The first-order chi connectivity index (χ1) is 6.77. The molecule has 0 N–H and O–H groups in total. The van der Waals surface area contributed by atoms with Crippen molar-refractivity contribution in [1.29, 1.82) is 5.26 Å². The van der Waals surface area contributed by atoms with E-state index in [4.69, 9.17) is 0 Å². The van der Waals surface area contributed by atoms with E-state index in [1.807, 2.05) is 0 Å². The Kier molecular flexibility index (Phi) is 1.72. The first-order valence-corrected chi connectivity index (χ1v) is 6.18. The summed E-state index contributed by atoms with van der Waals surface area (Å²) in [6, 6.07) is 2.71. The van der Waals surface area contributed by atoms with Gasteiger partial charge in [0, 0.05) is 0 Å². The van der Waals surface area contributed by atoms with Crippen molar-refractivity contribution in [2.24, 2.45) is 29.1 Å². The molecule has 0 radical (unpaired) electrons. The maximum atomic E-state index is 9.48. The van der Waals surface area contributed by atoms with Crippen molar-refractivity contribution in [2.75, 3.05) is 0 Å². The van der Waals surface area contributed by atoms with Crippen LogP contribution >= 0.6 is 0 Å². The Balaban J connectivity index is 1.99. The van der Waals surface area contributed by atoms with Crippen LogP contribution in [0, 0.1) is 40.4 Å². The molecule has 4 aliphatic carbocycles. The monoisotopic (exact) mass is 189 g/mol. The number of nitriles is 1. The Hall–Kier alpha value is -0.510. The summed E-state index contributed by atoms with van der Waals surface area (Å²) >= 11 is 0. The first-order valence-electron chi connectivity index (χ1n) is 6.18. The Morgan fingerprint density at radius 2 is 1.86 bits per heavy atom. The molecule has 3 unspecified atom stereocenters. The fraction of sp³-hybridized carbons (Fsp3) is 0.923. The van der Waals surface area contributed by atoms with Crippen molar-refractivity contribution in [3.8, 4) is 6.07 Å². The molecule has 4 aliphatic rings. The zero-order valence-electron chi connectivity index (χ0n) is 9.00. The van der Waals surface area contributed by atoms with Crippen molar-refractivity contribution in [2.45, 2.75) is 45.4 Å². The predicted molar refractivity (Wildman–Crippen MR) is 55.4 cm³/mol. The second-order valence-corrected chi connectivity index (χ2v) is 5.89. The highest BCUT2D eigenvalue weighted by atomic mass is 14.6. The van der Waals surface area contributed by atoms with E-state index in [9.17, 15) is 5.26 Å².